The quantitative estimate of drug-likeness (QED) is 0.493. The van der Waals surface area contributed by atoms with Crippen LogP contribution in [0.5, 0.6) is 0 Å². The minimum atomic E-state index is -3.90. The molecule has 1 amide bonds. The molecule has 2 fully saturated rings. The Bertz CT molecular complexity index is 1140. The molecule has 35 heavy (non-hydrogen) atoms. The standard InChI is InChI=1S/C25H31Cl2N3O4S/c1-18-7-4-8-19(28-18)15-20-10-6-13-29(20)24(31)17-34-16-21-9-2-3-14-30(21)35(32,33)25-22(26)11-5-12-23(25)27/h4-5,7-8,11-12,20-21H,2-3,6,9-10,13-17H2,1H3. The van der Waals surface area contributed by atoms with Crippen molar-refractivity contribution in [3.63, 3.8) is 0 Å². The molecule has 1 aromatic heterocycles. The number of aryl methyl sites for hydroxylation is 1. The number of carbonyl (C=O) groups excluding carboxylic acids is 1. The van der Waals surface area contributed by atoms with E-state index >= 15 is 0 Å². The molecule has 2 unspecified atom stereocenters. The predicted octanol–water partition coefficient (Wildman–Crippen LogP) is 4.49. The number of aromatic nitrogens is 1. The van der Waals surface area contributed by atoms with Crippen LogP contribution < -0.4 is 0 Å². The van der Waals surface area contributed by atoms with E-state index in [4.69, 9.17) is 27.9 Å². The SMILES string of the molecule is Cc1cccc(CC2CCCN2C(=O)COCC2CCCCN2S(=O)(=O)c2c(Cl)cccc2Cl)n1. The van der Waals surface area contributed by atoms with Crippen LogP contribution in [0.2, 0.25) is 10.0 Å². The lowest BCUT2D eigenvalue weighted by Crippen LogP contribution is -2.47. The van der Waals surface area contributed by atoms with Crippen LogP contribution in [0.3, 0.4) is 0 Å². The predicted molar refractivity (Wildman–Crippen MR) is 136 cm³/mol. The first kappa shape index (κ1) is 26.4. The van der Waals surface area contributed by atoms with Gasteiger partial charge in [0.1, 0.15) is 11.5 Å². The number of hydrogen-bond donors (Lipinski definition) is 0. The van der Waals surface area contributed by atoms with E-state index in [1.165, 1.54) is 16.4 Å². The minimum absolute atomic E-state index is 0.0699. The lowest BCUT2D eigenvalue weighted by atomic mass is 10.1. The lowest BCUT2D eigenvalue weighted by molar-refractivity contribution is -0.137. The molecule has 0 saturated carbocycles. The zero-order chi connectivity index (χ0) is 25.0. The van der Waals surface area contributed by atoms with Crippen molar-refractivity contribution in [3.8, 4) is 0 Å². The van der Waals surface area contributed by atoms with E-state index in [1.807, 2.05) is 30.0 Å². The van der Waals surface area contributed by atoms with Gasteiger partial charge >= 0.3 is 0 Å². The Hall–Kier alpha value is -1.71. The Morgan fingerprint density at radius 3 is 2.49 bits per heavy atom. The molecule has 2 saturated heterocycles. The fourth-order valence-corrected chi connectivity index (χ4v) is 7.77. The first-order valence-electron chi connectivity index (χ1n) is 12.0. The molecule has 7 nitrogen and oxygen atoms in total. The number of benzene rings is 1. The molecule has 0 N–H and O–H groups in total. The largest absolute Gasteiger partial charge is 0.370 e. The number of sulfonamides is 1. The van der Waals surface area contributed by atoms with Crippen LogP contribution >= 0.6 is 23.2 Å². The Kier molecular flexibility index (Phi) is 8.71. The summed E-state index contributed by atoms with van der Waals surface area (Å²) in [4.78, 5) is 19.3. The van der Waals surface area contributed by atoms with Crippen molar-refractivity contribution in [2.45, 2.75) is 62.4 Å². The summed E-state index contributed by atoms with van der Waals surface area (Å²) >= 11 is 12.4. The summed E-state index contributed by atoms with van der Waals surface area (Å²) in [5, 5.41) is 0.196. The molecule has 2 aromatic rings. The third-order valence-corrected chi connectivity index (χ3v) is 9.59. The van der Waals surface area contributed by atoms with Crippen LogP contribution in [0.4, 0.5) is 0 Å². The summed E-state index contributed by atoms with van der Waals surface area (Å²) in [5.74, 6) is -0.0699. The fourth-order valence-electron chi connectivity index (χ4n) is 5.00. The van der Waals surface area contributed by atoms with Gasteiger partial charge in [-0.1, -0.05) is 41.8 Å². The van der Waals surface area contributed by atoms with E-state index < -0.39 is 10.0 Å². The number of pyridine rings is 1. The van der Waals surface area contributed by atoms with Crippen molar-refractivity contribution in [3.05, 3.63) is 57.8 Å². The highest BCUT2D eigenvalue weighted by Gasteiger charge is 2.36. The summed E-state index contributed by atoms with van der Waals surface area (Å²) in [7, 11) is -3.90. The Balaban J connectivity index is 1.37. The summed E-state index contributed by atoms with van der Waals surface area (Å²) in [5.41, 5.74) is 1.95. The lowest BCUT2D eigenvalue weighted by Gasteiger charge is -2.35. The second kappa shape index (κ2) is 11.6. The molecule has 3 heterocycles. The van der Waals surface area contributed by atoms with E-state index in [1.54, 1.807) is 6.07 Å². The zero-order valence-corrected chi connectivity index (χ0v) is 22.2. The first-order chi connectivity index (χ1) is 16.8. The maximum Gasteiger partial charge on any atom is 0.248 e. The molecule has 0 spiro atoms. The number of ether oxygens (including phenoxy) is 1. The van der Waals surface area contributed by atoms with Gasteiger partial charge in [-0.25, -0.2) is 8.42 Å². The van der Waals surface area contributed by atoms with Crippen molar-refractivity contribution >= 4 is 39.1 Å². The van der Waals surface area contributed by atoms with E-state index in [9.17, 15) is 13.2 Å². The first-order valence-corrected chi connectivity index (χ1v) is 14.2. The molecule has 4 rings (SSSR count). The van der Waals surface area contributed by atoms with Gasteiger partial charge in [0, 0.05) is 43.0 Å². The van der Waals surface area contributed by atoms with Crippen LogP contribution in [-0.2, 0) is 26.0 Å². The molecule has 1 aromatic carbocycles. The molecule has 2 aliphatic heterocycles. The molecular formula is C25H31Cl2N3O4S. The number of rotatable bonds is 8. The average Bonchev–Trinajstić information content (AvgIpc) is 3.27. The number of piperidine rings is 1. The topological polar surface area (TPSA) is 79.8 Å². The van der Waals surface area contributed by atoms with Gasteiger partial charge in [0.15, 0.2) is 0 Å². The Labute approximate surface area is 217 Å². The van der Waals surface area contributed by atoms with Crippen LogP contribution in [0, 0.1) is 6.92 Å². The van der Waals surface area contributed by atoms with Gasteiger partial charge in [-0.15, -0.1) is 0 Å². The summed E-state index contributed by atoms with van der Waals surface area (Å²) in [6, 6.07) is 10.3. The van der Waals surface area contributed by atoms with E-state index in [0.717, 1.165) is 43.5 Å². The Morgan fingerprint density at radius 2 is 1.74 bits per heavy atom. The normalized spacial score (nSPS) is 21.4. The second-order valence-corrected chi connectivity index (χ2v) is 11.8. The molecule has 0 radical (unpaired) electrons. The molecule has 0 aliphatic carbocycles. The summed E-state index contributed by atoms with van der Waals surface area (Å²) < 4.78 is 34.0. The van der Waals surface area contributed by atoms with Gasteiger partial charge < -0.3 is 9.64 Å². The number of amides is 1. The van der Waals surface area contributed by atoms with Crippen molar-refractivity contribution in [2.75, 3.05) is 26.3 Å². The maximum atomic E-state index is 13.4. The molecule has 0 bridgehead atoms. The number of nitrogens with zero attached hydrogens (tertiary/aromatic N) is 3. The van der Waals surface area contributed by atoms with Crippen LogP contribution in [0.1, 0.15) is 43.5 Å². The van der Waals surface area contributed by atoms with Gasteiger partial charge in [-0.05, 0) is 56.9 Å². The van der Waals surface area contributed by atoms with Gasteiger partial charge in [-0.3, -0.25) is 9.78 Å². The van der Waals surface area contributed by atoms with Crippen molar-refractivity contribution in [2.24, 2.45) is 0 Å². The minimum Gasteiger partial charge on any atom is -0.370 e. The van der Waals surface area contributed by atoms with Gasteiger partial charge in [0.05, 0.1) is 16.7 Å². The highest BCUT2D eigenvalue weighted by atomic mass is 35.5. The summed E-state index contributed by atoms with van der Waals surface area (Å²) in [6.07, 6.45) is 4.91. The summed E-state index contributed by atoms with van der Waals surface area (Å²) in [6.45, 7) is 3.10. The van der Waals surface area contributed by atoms with Crippen molar-refractivity contribution in [1.82, 2.24) is 14.2 Å². The van der Waals surface area contributed by atoms with Crippen molar-refractivity contribution in [1.29, 1.82) is 0 Å². The van der Waals surface area contributed by atoms with E-state index in [2.05, 4.69) is 4.98 Å². The second-order valence-electron chi connectivity index (χ2n) is 9.19. The molecule has 10 heteroatoms. The van der Waals surface area contributed by atoms with Crippen LogP contribution in [-0.4, -0.2) is 66.9 Å². The van der Waals surface area contributed by atoms with Gasteiger partial charge in [0.25, 0.3) is 0 Å². The number of likely N-dealkylation sites (tertiary alicyclic amines) is 1. The average molecular weight is 541 g/mol. The third-order valence-electron chi connectivity index (χ3n) is 6.68. The molecule has 2 atom stereocenters. The zero-order valence-electron chi connectivity index (χ0n) is 19.8. The monoisotopic (exact) mass is 539 g/mol. The van der Waals surface area contributed by atoms with E-state index in [-0.39, 0.29) is 46.1 Å². The molecule has 190 valence electrons. The highest BCUT2D eigenvalue weighted by Crippen LogP contribution is 2.34. The highest BCUT2D eigenvalue weighted by molar-refractivity contribution is 7.89. The number of hydrogen-bond acceptors (Lipinski definition) is 5. The van der Waals surface area contributed by atoms with E-state index in [0.29, 0.717) is 19.5 Å². The number of halogens is 2. The van der Waals surface area contributed by atoms with Crippen molar-refractivity contribution < 1.29 is 17.9 Å². The smallest absolute Gasteiger partial charge is 0.248 e. The maximum absolute atomic E-state index is 13.4. The van der Waals surface area contributed by atoms with Crippen LogP contribution in [0.15, 0.2) is 41.3 Å². The van der Waals surface area contributed by atoms with Crippen LogP contribution in [0.25, 0.3) is 0 Å². The fraction of sp³-hybridized carbons (Fsp3) is 0.520. The van der Waals surface area contributed by atoms with Gasteiger partial charge in [0.2, 0.25) is 15.9 Å². The molecular weight excluding hydrogens is 509 g/mol. The third kappa shape index (κ3) is 6.17. The molecule has 2 aliphatic rings. The Morgan fingerprint density at radius 1 is 1.03 bits per heavy atom. The van der Waals surface area contributed by atoms with Gasteiger partial charge in [-0.2, -0.15) is 4.31 Å². The number of carbonyl (C=O) groups is 1.